The first-order chi connectivity index (χ1) is 18.3. The molecule has 0 spiro atoms. The van der Waals surface area contributed by atoms with E-state index in [0.717, 1.165) is 43.0 Å². The minimum absolute atomic E-state index is 0.000207. The molecule has 1 N–H and O–H groups in total. The summed E-state index contributed by atoms with van der Waals surface area (Å²) in [6, 6.07) is 12.6. The number of rotatable bonds is 9. The summed E-state index contributed by atoms with van der Waals surface area (Å²) in [5.74, 6) is 1.34. The Labute approximate surface area is 224 Å². The molecule has 38 heavy (non-hydrogen) atoms. The van der Waals surface area contributed by atoms with Gasteiger partial charge in [-0.3, -0.25) is 19.1 Å². The highest BCUT2D eigenvalue weighted by Gasteiger charge is 2.32. The summed E-state index contributed by atoms with van der Waals surface area (Å²) < 4.78 is 1.70. The van der Waals surface area contributed by atoms with E-state index in [2.05, 4.69) is 53.0 Å². The Hall–Kier alpha value is -3.52. The van der Waals surface area contributed by atoms with Crippen molar-refractivity contribution in [3.8, 4) is 0 Å². The lowest BCUT2D eigenvalue weighted by Crippen LogP contribution is -2.49. The van der Waals surface area contributed by atoms with Gasteiger partial charge in [-0.1, -0.05) is 43.7 Å². The first-order valence-electron chi connectivity index (χ1n) is 13.7. The van der Waals surface area contributed by atoms with E-state index in [1.807, 2.05) is 18.7 Å². The molecule has 3 aromatic rings. The number of nitrogens with zero attached hydrogens (tertiary/aromatic N) is 5. The largest absolute Gasteiger partial charge is 0.348 e. The number of anilines is 1. The van der Waals surface area contributed by atoms with E-state index in [1.54, 1.807) is 22.9 Å². The molecule has 2 atom stereocenters. The van der Waals surface area contributed by atoms with E-state index in [1.165, 1.54) is 30.9 Å². The first kappa shape index (κ1) is 26.1. The number of carbonyl (C=O) groups excluding carboxylic acids is 1. The Kier molecular flexibility index (Phi) is 7.61. The van der Waals surface area contributed by atoms with Gasteiger partial charge < -0.3 is 10.2 Å². The van der Waals surface area contributed by atoms with Gasteiger partial charge in [-0.05, 0) is 56.4 Å². The Morgan fingerprint density at radius 2 is 1.74 bits per heavy atom. The number of hydrogen-bond donors (Lipinski definition) is 1. The second kappa shape index (κ2) is 11.1. The second-order valence-electron chi connectivity index (χ2n) is 10.9. The molecule has 8 heteroatoms. The molecule has 1 aliphatic heterocycles. The third-order valence-electron chi connectivity index (χ3n) is 7.85. The number of benzene rings is 1. The molecule has 1 saturated heterocycles. The topological polar surface area (TPSA) is 83.4 Å². The average molecular weight is 515 g/mol. The van der Waals surface area contributed by atoms with Gasteiger partial charge in [0.25, 0.3) is 5.56 Å². The molecule has 1 aromatic carbocycles. The Bertz CT molecular complexity index is 1350. The highest BCUT2D eigenvalue weighted by atomic mass is 16.2. The van der Waals surface area contributed by atoms with E-state index >= 15 is 0 Å². The molecule has 2 aliphatic rings. The number of piperazine rings is 1. The zero-order chi connectivity index (χ0) is 26.8. The van der Waals surface area contributed by atoms with Crippen molar-refractivity contribution in [2.45, 2.75) is 58.2 Å². The average Bonchev–Trinajstić information content (AvgIpc) is 3.75. The molecule has 1 unspecified atom stereocenters. The number of amides is 1. The van der Waals surface area contributed by atoms with Gasteiger partial charge in [-0.15, -0.1) is 0 Å². The van der Waals surface area contributed by atoms with Gasteiger partial charge in [0.2, 0.25) is 11.9 Å². The summed E-state index contributed by atoms with van der Waals surface area (Å²) in [5, 5.41) is 4.26. The molecule has 8 nitrogen and oxygen atoms in total. The minimum Gasteiger partial charge on any atom is -0.348 e. The highest BCUT2D eigenvalue weighted by Crippen LogP contribution is 2.40. The van der Waals surface area contributed by atoms with Gasteiger partial charge in [-0.2, -0.15) is 4.98 Å². The minimum atomic E-state index is -0.0599. The molecule has 1 aliphatic carbocycles. The van der Waals surface area contributed by atoms with Crippen molar-refractivity contribution in [3.05, 3.63) is 76.7 Å². The van der Waals surface area contributed by atoms with Crippen LogP contribution in [0.5, 0.6) is 0 Å². The maximum absolute atomic E-state index is 12.4. The van der Waals surface area contributed by atoms with Crippen LogP contribution in [0.1, 0.15) is 69.3 Å². The summed E-state index contributed by atoms with van der Waals surface area (Å²) in [6.07, 6.45) is 6.99. The Morgan fingerprint density at radius 1 is 1.05 bits per heavy atom. The number of carbonyl (C=O) groups is 1. The van der Waals surface area contributed by atoms with Crippen LogP contribution in [0.3, 0.4) is 0 Å². The fraction of sp³-hybridized carbons (Fsp3) is 0.467. The second-order valence-corrected chi connectivity index (χ2v) is 10.9. The summed E-state index contributed by atoms with van der Waals surface area (Å²) in [7, 11) is 0. The normalized spacial score (nSPS) is 17.9. The van der Waals surface area contributed by atoms with E-state index in [-0.39, 0.29) is 23.6 Å². The van der Waals surface area contributed by atoms with Crippen molar-refractivity contribution >= 4 is 22.9 Å². The van der Waals surface area contributed by atoms with Crippen molar-refractivity contribution in [1.82, 2.24) is 24.3 Å². The monoisotopic (exact) mass is 514 g/mol. The van der Waals surface area contributed by atoms with Crippen LogP contribution in [-0.4, -0.2) is 56.4 Å². The standard InChI is InChI=1S/C30H38N6O2/c1-5-27(37)35-16-14-34(15-17-35)26(18-22-6-7-22)24-10-8-23(9-11-24)21(4)32-30-31-19-25-12-13-28(38)36(20(2)3)29(25)33-30/h5,8-13,19-22,26H,1,6-7,14-18H2,2-4H3,(H,31,32,33)/t21-,26?/m0/s1. The predicted octanol–water partition coefficient (Wildman–Crippen LogP) is 4.72. The zero-order valence-corrected chi connectivity index (χ0v) is 22.6. The van der Waals surface area contributed by atoms with Crippen molar-refractivity contribution in [2.24, 2.45) is 5.92 Å². The van der Waals surface area contributed by atoms with Gasteiger partial charge in [0, 0.05) is 55.9 Å². The molecule has 1 saturated carbocycles. The number of nitrogens with one attached hydrogen (secondary N) is 1. The van der Waals surface area contributed by atoms with Crippen LogP contribution < -0.4 is 10.9 Å². The van der Waals surface area contributed by atoms with Gasteiger partial charge in [0.05, 0.1) is 6.04 Å². The van der Waals surface area contributed by atoms with E-state index in [4.69, 9.17) is 4.98 Å². The van der Waals surface area contributed by atoms with Crippen molar-refractivity contribution in [1.29, 1.82) is 0 Å². The fourth-order valence-corrected chi connectivity index (χ4v) is 5.44. The zero-order valence-electron chi connectivity index (χ0n) is 22.6. The lowest BCUT2D eigenvalue weighted by atomic mass is 9.96. The fourth-order valence-electron chi connectivity index (χ4n) is 5.44. The Balaban J connectivity index is 1.30. The maximum atomic E-state index is 12.4. The molecule has 200 valence electrons. The predicted molar refractivity (Wildman–Crippen MR) is 151 cm³/mol. The third-order valence-corrected chi connectivity index (χ3v) is 7.85. The van der Waals surface area contributed by atoms with Gasteiger partial charge in [0.1, 0.15) is 5.65 Å². The highest BCUT2D eigenvalue weighted by molar-refractivity contribution is 5.87. The molecule has 0 bridgehead atoms. The Morgan fingerprint density at radius 3 is 2.37 bits per heavy atom. The lowest BCUT2D eigenvalue weighted by Gasteiger charge is -2.39. The molecule has 2 aromatic heterocycles. The summed E-state index contributed by atoms with van der Waals surface area (Å²) in [6.45, 7) is 13.0. The van der Waals surface area contributed by atoms with E-state index in [9.17, 15) is 9.59 Å². The summed E-state index contributed by atoms with van der Waals surface area (Å²) in [5.41, 5.74) is 3.07. The third kappa shape index (κ3) is 5.65. The summed E-state index contributed by atoms with van der Waals surface area (Å²) >= 11 is 0. The van der Waals surface area contributed by atoms with Crippen LogP contribution in [0.25, 0.3) is 11.0 Å². The number of hydrogen-bond acceptors (Lipinski definition) is 6. The van der Waals surface area contributed by atoms with Gasteiger partial charge in [0.15, 0.2) is 0 Å². The molecule has 0 radical (unpaired) electrons. The first-order valence-corrected chi connectivity index (χ1v) is 13.7. The van der Waals surface area contributed by atoms with Crippen LogP contribution in [0, 0.1) is 5.92 Å². The molecule has 2 fully saturated rings. The van der Waals surface area contributed by atoms with Gasteiger partial charge >= 0.3 is 0 Å². The van der Waals surface area contributed by atoms with Crippen LogP contribution in [0.2, 0.25) is 0 Å². The van der Waals surface area contributed by atoms with Crippen molar-refractivity contribution in [2.75, 3.05) is 31.5 Å². The van der Waals surface area contributed by atoms with Crippen molar-refractivity contribution in [3.63, 3.8) is 0 Å². The van der Waals surface area contributed by atoms with Crippen molar-refractivity contribution < 1.29 is 4.79 Å². The number of aromatic nitrogens is 3. The lowest BCUT2D eigenvalue weighted by molar-refractivity contribution is -0.128. The van der Waals surface area contributed by atoms with Crippen LogP contribution in [-0.2, 0) is 4.79 Å². The quantitative estimate of drug-likeness (QED) is 0.416. The smallest absolute Gasteiger partial charge is 0.252 e. The maximum Gasteiger partial charge on any atom is 0.252 e. The molecular formula is C30H38N6O2. The summed E-state index contributed by atoms with van der Waals surface area (Å²) in [4.78, 5) is 38.1. The van der Waals surface area contributed by atoms with E-state index < -0.39 is 0 Å². The molecular weight excluding hydrogens is 476 g/mol. The number of fused-ring (bicyclic) bond motifs is 1. The van der Waals surface area contributed by atoms with E-state index in [0.29, 0.717) is 17.6 Å². The van der Waals surface area contributed by atoms with Gasteiger partial charge in [-0.25, -0.2) is 4.98 Å². The molecule has 1 amide bonds. The van der Waals surface area contributed by atoms with Crippen LogP contribution >= 0.6 is 0 Å². The van der Waals surface area contributed by atoms with Crippen LogP contribution in [0.4, 0.5) is 5.95 Å². The van der Waals surface area contributed by atoms with Crippen LogP contribution in [0.15, 0.2) is 60.0 Å². The SMILES string of the molecule is C=CC(=O)N1CCN(C(CC2CC2)c2ccc([C@H](C)Nc3ncc4ccc(=O)n(C(C)C)c4n3)cc2)CC1. The molecule has 3 heterocycles. The number of pyridine rings is 1. The molecule has 5 rings (SSSR count).